The Labute approximate surface area is 147 Å². The summed E-state index contributed by atoms with van der Waals surface area (Å²) in [5, 5.41) is 4.33. The molecule has 1 aliphatic heterocycles. The first kappa shape index (κ1) is 17.2. The number of hydrogen-bond donors (Lipinski definition) is 1. The minimum Gasteiger partial charge on any atom is -0.369 e. The first-order valence-corrected chi connectivity index (χ1v) is 8.49. The summed E-state index contributed by atoms with van der Waals surface area (Å²) in [4.78, 5) is 27.5. The van der Waals surface area contributed by atoms with Crippen LogP contribution in [0.1, 0.15) is 12.0 Å². The number of carbonyl (C=O) groups excluding carboxylic acids is 2. The molecule has 7 heteroatoms. The van der Waals surface area contributed by atoms with E-state index in [0.29, 0.717) is 26.1 Å². The van der Waals surface area contributed by atoms with Crippen molar-refractivity contribution in [2.75, 3.05) is 32.7 Å². The summed E-state index contributed by atoms with van der Waals surface area (Å²) >= 11 is 0. The van der Waals surface area contributed by atoms with Crippen LogP contribution in [0.4, 0.5) is 0 Å². The summed E-state index contributed by atoms with van der Waals surface area (Å²) in [6.07, 6.45) is 4.82. The van der Waals surface area contributed by atoms with Crippen LogP contribution in [0.15, 0.2) is 42.7 Å². The van der Waals surface area contributed by atoms with E-state index in [1.165, 1.54) is 0 Å². The Morgan fingerprint density at radius 2 is 1.88 bits per heavy atom. The zero-order chi connectivity index (χ0) is 17.6. The zero-order valence-corrected chi connectivity index (χ0v) is 14.2. The number of benzene rings is 1. The quantitative estimate of drug-likeness (QED) is 0.855. The highest BCUT2D eigenvalue weighted by molar-refractivity contribution is 5.79. The molecule has 3 rings (SSSR count). The van der Waals surface area contributed by atoms with Gasteiger partial charge in [0.05, 0.1) is 24.8 Å². The van der Waals surface area contributed by atoms with Gasteiger partial charge < -0.3 is 10.6 Å². The van der Waals surface area contributed by atoms with E-state index in [0.717, 1.165) is 24.2 Å². The van der Waals surface area contributed by atoms with Crippen LogP contribution in [-0.2, 0) is 16.0 Å². The normalized spacial score (nSPS) is 15.8. The Morgan fingerprint density at radius 3 is 2.64 bits per heavy atom. The van der Waals surface area contributed by atoms with Crippen molar-refractivity contribution in [3.8, 4) is 5.69 Å². The van der Waals surface area contributed by atoms with E-state index in [1.54, 1.807) is 10.9 Å². The Kier molecular flexibility index (Phi) is 5.45. The molecule has 2 N–H and O–H groups in total. The van der Waals surface area contributed by atoms with Gasteiger partial charge >= 0.3 is 0 Å². The number of aromatic nitrogens is 2. The van der Waals surface area contributed by atoms with E-state index in [-0.39, 0.29) is 18.4 Å². The molecule has 1 fully saturated rings. The molecular weight excluding hydrogens is 318 g/mol. The van der Waals surface area contributed by atoms with Crippen molar-refractivity contribution in [1.82, 2.24) is 19.6 Å². The molecular formula is C18H23N5O2. The van der Waals surface area contributed by atoms with Gasteiger partial charge in [-0.05, 0) is 24.1 Å². The third kappa shape index (κ3) is 4.67. The molecule has 25 heavy (non-hydrogen) atoms. The highest BCUT2D eigenvalue weighted by Gasteiger charge is 2.20. The standard InChI is InChI=1S/C18H23N5O2/c19-17(24)14-21-7-4-8-22(10-9-21)18(25)11-15-12-20-23(13-15)16-5-2-1-3-6-16/h1-3,5-6,12-13H,4,7-11,14H2,(H2,19,24). The van der Waals surface area contributed by atoms with Crippen LogP contribution in [0.2, 0.25) is 0 Å². The van der Waals surface area contributed by atoms with Crippen molar-refractivity contribution in [1.29, 1.82) is 0 Å². The molecule has 132 valence electrons. The fourth-order valence-corrected chi connectivity index (χ4v) is 3.06. The zero-order valence-electron chi connectivity index (χ0n) is 14.2. The van der Waals surface area contributed by atoms with E-state index in [1.807, 2.05) is 46.3 Å². The lowest BCUT2D eigenvalue weighted by atomic mass is 10.2. The third-order valence-electron chi connectivity index (χ3n) is 4.33. The molecule has 0 saturated carbocycles. The molecule has 2 amide bonds. The highest BCUT2D eigenvalue weighted by Crippen LogP contribution is 2.10. The fraction of sp³-hybridized carbons (Fsp3) is 0.389. The van der Waals surface area contributed by atoms with Gasteiger partial charge in [0.1, 0.15) is 0 Å². The third-order valence-corrected chi connectivity index (χ3v) is 4.33. The van der Waals surface area contributed by atoms with Gasteiger partial charge in [-0.3, -0.25) is 14.5 Å². The Morgan fingerprint density at radius 1 is 1.08 bits per heavy atom. The number of rotatable bonds is 5. The van der Waals surface area contributed by atoms with Gasteiger partial charge in [-0.25, -0.2) is 4.68 Å². The van der Waals surface area contributed by atoms with Crippen LogP contribution in [0.5, 0.6) is 0 Å². The van der Waals surface area contributed by atoms with Gasteiger partial charge in [0.25, 0.3) is 0 Å². The first-order valence-electron chi connectivity index (χ1n) is 8.49. The van der Waals surface area contributed by atoms with Gasteiger partial charge in [-0.1, -0.05) is 18.2 Å². The molecule has 1 saturated heterocycles. The topological polar surface area (TPSA) is 84.5 Å². The second-order valence-corrected chi connectivity index (χ2v) is 6.28. The minimum atomic E-state index is -0.326. The van der Waals surface area contributed by atoms with Crippen LogP contribution >= 0.6 is 0 Å². The van der Waals surface area contributed by atoms with Crippen molar-refractivity contribution >= 4 is 11.8 Å². The smallest absolute Gasteiger partial charge is 0.231 e. The molecule has 0 spiro atoms. The Hall–Kier alpha value is -2.67. The number of nitrogens with two attached hydrogens (primary N) is 1. The van der Waals surface area contributed by atoms with Gasteiger partial charge in [-0.2, -0.15) is 5.10 Å². The van der Waals surface area contributed by atoms with Gasteiger partial charge in [0.2, 0.25) is 11.8 Å². The molecule has 0 radical (unpaired) electrons. The van der Waals surface area contributed by atoms with Crippen molar-refractivity contribution in [3.05, 3.63) is 48.3 Å². The predicted molar refractivity (Wildman–Crippen MR) is 94.1 cm³/mol. The SMILES string of the molecule is NC(=O)CN1CCCN(C(=O)Cc2cnn(-c3ccccc3)c2)CC1. The van der Waals surface area contributed by atoms with Crippen LogP contribution < -0.4 is 5.73 Å². The Balaban J connectivity index is 1.57. The number of nitrogens with zero attached hydrogens (tertiary/aromatic N) is 4. The van der Waals surface area contributed by atoms with E-state index in [4.69, 9.17) is 5.73 Å². The number of para-hydroxylation sites is 1. The minimum absolute atomic E-state index is 0.0912. The summed E-state index contributed by atoms with van der Waals surface area (Å²) in [5.74, 6) is -0.235. The average Bonchev–Trinajstić information content (AvgIpc) is 2.94. The van der Waals surface area contributed by atoms with Crippen LogP contribution in [0, 0.1) is 0 Å². The molecule has 2 heterocycles. The maximum absolute atomic E-state index is 12.6. The van der Waals surface area contributed by atoms with Gasteiger partial charge in [-0.15, -0.1) is 0 Å². The second kappa shape index (κ2) is 7.94. The lowest BCUT2D eigenvalue weighted by Crippen LogP contribution is -2.38. The Bertz CT molecular complexity index is 728. The van der Waals surface area contributed by atoms with Crippen molar-refractivity contribution in [2.45, 2.75) is 12.8 Å². The summed E-state index contributed by atoms with van der Waals surface area (Å²) in [6.45, 7) is 3.06. The van der Waals surface area contributed by atoms with E-state index < -0.39 is 0 Å². The van der Waals surface area contributed by atoms with Gasteiger partial charge in [0, 0.05) is 32.4 Å². The first-order chi connectivity index (χ1) is 12.1. The largest absolute Gasteiger partial charge is 0.369 e. The van der Waals surface area contributed by atoms with Crippen molar-refractivity contribution in [3.63, 3.8) is 0 Å². The monoisotopic (exact) mass is 341 g/mol. The number of amides is 2. The molecule has 1 aromatic carbocycles. The van der Waals surface area contributed by atoms with E-state index in [9.17, 15) is 9.59 Å². The molecule has 0 bridgehead atoms. The highest BCUT2D eigenvalue weighted by atomic mass is 16.2. The van der Waals surface area contributed by atoms with E-state index >= 15 is 0 Å². The van der Waals surface area contributed by atoms with Crippen molar-refractivity contribution < 1.29 is 9.59 Å². The number of hydrogen-bond acceptors (Lipinski definition) is 4. The fourth-order valence-electron chi connectivity index (χ4n) is 3.06. The number of carbonyl (C=O) groups is 2. The summed E-state index contributed by atoms with van der Waals surface area (Å²) < 4.78 is 1.78. The second-order valence-electron chi connectivity index (χ2n) is 6.28. The molecule has 0 atom stereocenters. The maximum Gasteiger partial charge on any atom is 0.231 e. The molecule has 2 aromatic rings. The van der Waals surface area contributed by atoms with Crippen molar-refractivity contribution in [2.24, 2.45) is 5.73 Å². The van der Waals surface area contributed by atoms with Crippen LogP contribution in [-0.4, -0.2) is 64.1 Å². The molecule has 1 aliphatic rings. The van der Waals surface area contributed by atoms with E-state index in [2.05, 4.69) is 5.10 Å². The average molecular weight is 341 g/mol. The van der Waals surface area contributed by atoms with Crippen LogP contribution in [0.25, 0.3) is 5.69 Å². The lowest BCUT2D eigenvalue weighted by Gasteiger charge is -2.21. The maximum atomic E-state index is 12.6. The summed E-state index contributed by atoms with van der Waals surface area (Å²) in [7, 11) is 0. The molecule has 7 nitrogen and oxygen atoms in total. The molecule has 0 aliphatic carbocycles. The summed E-state index contributed by atoms with van der Waals surface area (Å²) in [5.41, 5.74) is 7.12. The number of primary amides is 1. The molecule has 1 aromatic heterocycles. The van der Waals surface area contributed by atoms with Gasteiger partial charge in [0.15, 0.2) is 0 Å². The van der Waals surface area contributed by atoms with Crippen LogP contribution in [0.3, 0.4) is 0 Å². The summed E-state index contributed by atoms with van der Waals surface area (Å²) in [6, 6.07) is 9.81. The molecule has 0 unspecified atom stereocenters. The lowest BCUT2D eigenvalue weighted by molar-refractivity contribution is -0.130. The predicted octanol–water partition coefficient (Wildman–Crippen LogP) is 0.434.